The Morgan fingerprint density at radius 1 is 1.03 bits per heavy atom. The Morgan fingerprint density at radius 3 is 2.42 bits per heavy atom. The minimum Gasteiger partial charge on any atom is -0.484 e. The van der Waals surface area contributed by atoms with Crippen LogP contribution < -0.4 is 14.8 Å². The fraction of sp³-hybridized carbons (Fsp3) is 0.150. The monoisotopic (exact) mass is 454 g/mol. The Morgan fingerprint density at radius 2 is 1.77 bits per heavy atom. The van der Waals surface area contributed by atoms with E-state index in [-0.39, 0.29) is 29.5 Å². The molecular formula is C20H17F3N2O5S. The van der Waals surface area contributed by atoms with Gasteiger partial charge in [0.2, 0.25) is 0 Å². The van der Waals surface area contributed by atoms with Crippen LogP contribution in [-0.2, 0) is 27.5 Å². The standard InChI is InChI=1S/C20H17F3N2O5S/c21-20(22,23)14-3-1-4-15(11-14)25-31(27,28)18-8-6-16(7-9-18)30-13-19(26)24-12-17-5-2-10-29-17/h1-11,25H,12-13H2,(H,24,26). The van der Waals surface area contributed by atoms with Crippen LogP contribution in [0.25, 0.3) is 0 Å². The summed E-state index contributed by atoms with van der Waals surface area (Å²) in [7, 11) is -4.12. The minimum atomic E-state index is -4.59. The van der Waals surface area contributed by atoms with Crippen LogP contribution in [0.5, 0.6) is 5.75 Å². The predicted octanol–water partition coefficient (Wildman–Crippen LogP) is 3.79. The molecule has 0 aliphatic carbocycles. The number of amides is 1. The Labute approximate surface area is 175 Å². The second-order valence-corrected chi connectivity index (χ2v) is 7.98. The zero-order valence-corrected chi connectivity index (χ0v) is 16.7. The van der Waals surface area contributed by atoms with E-state index < -0.39 is 27.7 Å². The number of sulfonamides is 1. The quantitative estimate of drug-likeness (QED) is 0.540. The highest BCUT2D eigenvalue weighted by molar-refractivity contribution is 7.92. The maximum absolute atomic E-state index is 12.8. The number of hydrogen-bond acceptors (Lipinski definition) is 5. The third-order valence-corrected chi connectivity index (χ3v) is 5.38. The summed E-state index contributed by atoms with van der Waals surface area (Å²) in [6, 6.07) is 12.4. The third-order valence-electron chi connectivity index (χ3n) is 3.99. The van der Waals surface area contributed by atoms with E-state index in [4.69, 9.17) is 9.15 Å². The lowest BCUT2D eigenvalue weighted by Gasteiger charge is -2.12. The van der Waals surface area contributed by atoms with Crippen LogP contribution >= 0.6 is 0 Å². The fourth-order valence-corrected chi connectivity index (χ4v) is 3.54. The molecule has 0 atom stereocenters. The molecule has 7 nitrogen and oxygen atoms in total. The second-order valence-electron chi connectivity index (χ2n) is 6.30. The number of benzene rings is 2. The lowest BCUT2D eigenvalue weighted by molar-refractivity contribution is -0.137. The van der Waals surface area contributed by atoms with Crippen molar-refractivity contribution in [3.05, 3.63) is 78.3 Å². The molecule has 0 fully saturated rings. The normalized spacial score (nSPS) is 11.7. The molecular weight excluding hydrogens is 437 g/mol. The van der Waals surface area contributed by atoms with Crippen molar-refractivity contribution in [2.45, 2.75) is 17.6 Å². The molecule has 0 saturated carbocycles. The van der Waals surface area contributed by atoms with Crippen LogP contribution in [0.15, 0.2) is 76.2 Å². The van der Waals surface area contributed by atoms with E-state index >= 15 is 0 Å². The van der Waals surface area contributed by atoms with E-state index in [0.717, 1.165) is 12.1 Å². The summed E-state index contributed by atoms with van der Waals surface area (Å²) >= 11 is 0. The van der Waals surface area contributed by atoms with Crippen LogP contribution in [0.4, 0.5) is 18.9 Å². The Hall–Kier alpha value is -3.47. The predicted molar refractivity (Wildman–Crippen MR) is 105 cm³/mol. The van der Waals surface area contributed by atoms with Crippen LogP contribution in [0.1, 0.15) is 11.3 Å². The fourth-order valence-electron chi connectivity index (χ4n) is 2.49. The number of nitrogens with one attached hydrogen (secondary N) is 2. The highest BCUT2D eigenvalue weighted by Crippen LogP contribution is 2.31. The van der Waals surface area contributed by atoms with Crippen molar-refractivity contribution >= 4 is 21.6 Å². The minimum absolute atomic E-state index is 0.181. The van der Waals surface area contributed by atoms with E-state index in [0.29, 0.717) is 11.8 Å². The van der Waals surface area contributed by atoms with E-state index in [1.807, 2.05) is 0 Å². The van der Waals surface area contributed by atoms with Gasteiger partial charge < -0.3 is 14.5 Å². The maximum atomic E-state index is 12.8. The van der Waals surface area contributed by atoms with Gasteiger partial charge in [-0.15, -0.1) is 0 Å². The molecule has 2 aromatic carbocycles. The summed E-state index contributed by atoms with van der Waals surface area (Å²) in [5, 5.41) is 2.59. The first-order valence-electron chi connectivity index (χ1n) is 8.85. The number of rotatable bonds is 8. The van der Waals surface area contributed by atoms with Crippen molar-refractivity contribution in [1.29, 1.82) is 0 Å². The molecule has 1 amide bonds. The molecule has 164 valence electrons. The van der Waals surface area contributed by atoms with E-state index in [2.05, 4.69) is 10.0 Å². The van der Waals surface area contributed by atoms with Gasteiger partial charge in [-0.05, 0) is 54.6 Å². The van der Waals surface area contributed by atoms with E-state index in [9.17, 15) is 26.4 Å². The summed E-state index contributed by atoms with van der Waals surface area (Å²) in [6.45, 7) is -0.0944. The van der Waals surface area contributed by atoms with Crippen LogP contribution in [0.2, 0.25) is 0 Å². The average molecular weight is 454 g/mol. The van der Waals surface area contributed by atoms with Crippen LogP contribution in [0, 0.1) is 0 Å². The lowest BCUT2D eigenvalue weighted by atomic mass is 10.2. The summed E-state index contributed by atoms with van der Waals surface area (Å²) in [5.74, 6) is 0.418. The van der Waals surface area contributed by atoms with Gasteiger partial charge in [-0.25, -0.2) is 8.42 Å². The van der Waals surface area contributed by atoms with E-state index in [1.165, 1.54) is 36.6 Å². The lowest BCUT2D eigenvalue weighted by Crippen LogP contribution is -2.28. The number of furan rings is 1. The van der Waals surface area contributed by atoms with Gasteiger partial charge in [0.25, 0.3) is 15.9 Å². The van der Waals surface area contributed by atoms with Gasteiger partial charge in [0.15, 0.2) is 6.61 Å². The first-order valence-corrected chi connectivity index (χ1v) is 10.3. The van der Waals surface area contributed by atoms with Gasteiger partial charge in [0.1, 0.15) is 11.5 Å². The van der Waals surface area contributed by atoms with E-state index in [1.54, 1.807) is 12.1 Å². The zero-order chi connectivity index (χ0) is 22.5. The molecule has 0 aliphatic heterocycles. The SMILES string of the molecule is O=C(COc1ccc(S(=O)(=O)Nc2cccc(C(F)(F)F)c2)cc1)NCc1ccco1. The first-order chi connectivity index (χ1) is 14.6. The number of anilines is 1. The Balaban J connectivity index is 1.58. The van der Waals surface area contributed by atoms with Gasteiger partial charge in [-0.2, -0.15) is 13.2 Å². The summed E-state index contributed by atoms with van der Waals surface area (Å²) in [6.07, 6.45) is -3.11. The molecule has 0 saturated heterocycles. The van der Waals surface area contributed by atoms with Gasteiger partial charge in [0.05, 0.1) is 23.3 Å². The first kappa shape index (κ1) is 22.2. The Bertz CT molecular complexity index is 1130. The molecule has 0 bridgehead atoms. The second kappa shape index (κ2) is 9.13. The molecule has 0 aliphatic rings. The van der Waals surface area contributed by atoms with Gasteiger partial charge in [-0.3, -0.25) is 9.52 Å². The Kier molecular flexibility index (Phi) is 6.54. The number of halogens is 3. The zero-order valence-electron chi connectivity index (χ0n) is 15.8. The molecule has 11 heteroatoms. The number of carbonyl (C=O) groups excluding carboxylic acids is 1. The summed E-state index contributed by atoms with van der Waals surface area (Å²) < 4.78 is 75.7. The molecule has 1 heterocycles. The summed E-state index contributed by atoms with van der Waals surface area (Å²) in [4.78, 5) is 11.6. The largest absolute Gasteiger partial charge is 0.484 e. The van der Waals surface area contributed by atoms with Crippen molar-refractivity contribution in [2.75, 3.05) is 11.3 Å². The van der Waals surface area contributed by atoms with Crippen molar-refractivity contribution in [3.63, 3.8) is 0 Å². The van der Waals surface area contributed by atoms with Gasteiger partial charge in [0, 0.05) is 5.69 Å². The van der Waals surface area contributed by atoms with Gasteiger partial charge >= 0.3 is 6.18 Å². The maximum Gasteiger partial charge on any atom is 0.416 e. The number of carbonyl (C=O) groups is 1. The molecule has 0 spiro atoms. The van der Waals surface area contributed by atoms with Crippen molar-refractivity contribution in [2.24, 2.45) is 0 Å². The topological polar surface area (TPSA) is 97.6 Å². The smallest absolute Gasteiger partial charge is 0.416 e. The highest BCUT2D eigenvalue weighted by Gasteiger charge is 2.30. The van der Waals surface area contributed by atoms with Crippen LogP contribution in [0.3, 0.4) is 0 Å². The average Bonchev–Trinajstić information content (AvgIpc) is 3.24. The molecule has 0 radical (unpaired) electrons. The number of ether oxygens (including phenoxy) is 1. The molecule has 0 unspecified atom stereocenters. The van der Waals surface area contributed by atoms with Gasteiger partial charge in [-0.1, -0.05) is 6.07 Å². The summed E-state index contributed by atoms with van der Waals surface area (Å²) in [5.41, 5.74) is -1.19. The molecule has 1 aromatic heterocycles. The number of alkyl halides is 3. The number of hydrogen-bond donors (Lipinski definition) is 2. The molecule has 31 heavy (non-hydrogen) atoms. The molecule has 2 N–H and O–H groups in total. The van der Waals surface area contributed by atoms with Crippen LogP contribution in [-0.4, -0.2) is 20.9 Å². The molecule has 3 aromatic rings. The molecule has 3 rings (SSSR count). The van der Waals surface area contributed by atoms with Crippen molar-refractivity contribution < 1.29 is 35.5 Å². The third kappa shape index (κ3) is 6.25. The van der Waals surface area contributed by atoms with Crippen molar-refractivity contribution in [3.8, 4) is 5.75 Å². The van der Waals surface area contributed by atoms with Crippen molar-refractivity contribution in [1.82, 2.24) is 5.32 Å². The highest BCUT2D eigenvalue weighted by atomic mass is 32.2.